The van der Waals surface area contributed by atoms with Gasteiger partial charge in [0.2, 0.25) is 0 Å². The highest BCUT2D eigenvalue weighted by Crippen LogP contribution is 2.23. The first kappa shape index (κ1) is 16.1. The van der Waals surface area contributed by atoms with E-state index in [1.807, 2.05) is 0 Å². The largest absolute Gasteiger partial charge is 0.324 e. The fourth-order valence-electron chi connectivity index (χ4n) is 2.09. The molecule has 1 aromatic heterocycles. The van der Waals surface area contributed by atoms with Gasteiger partial charge in [0, 0.05) is 30.0 Å². The Labute approximate surface area is 128 Å². The Morgan fingerprint density at radius 2 is 2.38 bits per heavy atom. The van der Waals surface area contributed by atoms with E-state index in [4.69, 9.17) is 5.84 Å². The number of aromatic nitrogens is 1. The molecule has 1 atom stereocenters. The molecule has 1 aromatic rings. The summed E-state index contributed by atoms with van der Waals surface area (Å²) in [7, 11) is -3.32. The van der Waals surface area contributed by atoms with E-state index in [2.05, 4.69) is 10.4 Å². The zero-order chi connectivity index (χ0) is 15.5. The highest BCUT2D eigenvalue weighted by molar-refractivity contribution is 8.01. The van der Waals surface area contributed by atoms with Crippen molar-refractivity contribution in [1.29, 1.82) is 0 Å². The van der Waals surface area contributed by atoms with Crippen LogP contribution in [0.5, 0.6) is 0 Å². The zero-order valence-corrected chi connectivity index (χ0v) is 13.3. The summed E-state index contributed by atoms with van der Waals surface area (Å²) in [4.78, 5) is 18.0. The van der Waals surface area contributed by atoms with Crippen LogP contribution in [-0.4, -0.2) is 53.4 Å². The topological polar surface area (TPSA) is 105 Å². The van der Waals surface area contributed by atoms with Crippen molar-refractivity contribution < 1.29 is 13.2 Å². The number of sulfone groups is 1. The van der Waals surface area contributed by atoms with Gasteiger partial charge in [-0.25, -0.2) is 8.42 Å². The van der Waals surface area contributed by atoms with Gasteiger partial charge in [0.1, 0.15) is 11.1 Å². The molecular weight excluding hydrogens is 312 g/mol. The van der Waals surface area contributed by atoms with Gasteiger partial charge in [0.15, 0.2) is 9.84 Å². The van der Waals surface area contributed by atoms with Gasteiger partial charge in [-0.05, 0) is 12.1 Å². The molecule has 9 heteroatoms. The molecule has 1 fully saturated rings. The van der Waals surface area contributed by atoms with E-state index in [1.165, 1.54) is 17.2 Å². The fraction of sp³-hybridized carbons (Fsp3) is 0.500. The molecular formula is C12H18N4O3S2. The monoisotopic (exact) mass is 330 g/mol. The average molecular weight is 330 g/mol. The minimum absolute atomic E-state index is 0.0137. The molecule has 1 saturated heterocycles. The second kappa shape index (κ2) is 6.63. The number of hydrogen-bond acceptors (Lipinski definition) is 7. The van der Waals surface area contributed by atoms with Gasteiger partial charge in [-0.2, -0.15) is 11.8 Å². The number of hydrogen-bond donors (Lipinski definition) is 2. The molecule has 0 spiro atoms. The van der Waals surface area contributed by atoms with Crippen LogP contribution in [0.25, 0.3) is 0 Å². The highest BCUT2D eigenvalue weighted by Gasteiger charge is 2.36. The summed E-state index contributed by atoms with van der Waals surface area (Å²) in [6, 6.07) is 3.14. The molecule has 0 aromatic carbocycles. The molecule has 0 saturated carbocycles. The number of carbonyl (C=O) groups is 1. The first-order valence-electron chi connectivity index (χ1n) is 6.52. The SMILES string of the molecule is CCS(=O)(=O)C1CSCCN1C(=O)c1cc(NN)ccn1. The lowest BCUT2D eigenvalue weighted by molar-refractivity contribution is 0.0743. The summed E-state index contributed by atoms with van der Waals surface area (Å²) in [6.45, 7) is 1.99. The van der Waals surface area contributed by atoms with Gasteiger partial charge in [0.05, 0.1) is 5.69 Å². The van der Waals surface area contributed by atoms with E-state index in [0.29, 0.717) is 18.0 Å². The Bertz CT molecular complexity index is 621. The minimum atomic E-state index is -3.32. The summed E-state index contributed by atoms with van der Waals surface area (Å²) < 4.78 is 24.3. The number of carbonyl (C=O) groups excluding carboxylic acids is 1. The molecule has 2 rings (SSSR count). The second-order valence-electron chi connectivity index (χ2n) is 4.55. The number of thioether (sulfide) groups is 1. The number of nitrogen functional groups attached to an aromatic ring is 1. The van der Waals surface area contributed by atoms with Crippen molar-refractivity contribution in [3.8, 4) is 0 Å². The first-order valence-corrected chi connectivity index (χ1v) is 9.39. The van der Waals surface area contributed by atoms with E-state index in [9.17, 15) is 13.2 Å². The zero-order valence-electron chi connectivity index (χ0n) is 11.7. The van der Waals surface area contributed by atoms with Crippen molar-refractivity contribution >= 4 is 33.2 Å². The highest BCUT2D eigenvalue weighted by atomic mass is 32.2. The number of pyridine rings is 1. The Kier molecular flexibility index (Phi) is 5.07. The molecule has 1 aliphatic rings. The summed E-state index contributed by atoms with van der Waals surface area (Å²) in [5.74, 6) is 6.07. The number of rotatable bonds is 4. The van der Waals surface area contributed by atoms with Gasteiger partial charge in [-0.15, -0.1) is 0 Å². The lowest BCUT2D eigenvalue weighted by Gasteiger charge is -2.34. The standard InChI is InChI=1S/C12H18N4O3S2/c1-2-21(18,19)11-8-20-6-5-16(11)12(17)10-7-9(15-13)3-4-14-10/h3-4,7,11H,2,5-6,8,13H2,1H3,(H,14,15). The van der Waals surface area contributed by atoms with Crippen LogP contribution in [0.4, 0.5) is 5.69 Å². The van der Waals surface area contributed by atoms with Gasteiger partial charge >= 0.3 is 0 Å². The van der Waals surface area contributed by atoms with Crippen molar-refractivity contribution in [3.63, 3.8) is 0 Å². The second-order valence-corrected chi connectivity index (χ2v) is 8.15. The Morgan fingerprint density at radius 3 is 3.05 bits per heavy atom. The normalized spacial score (nSPS) is 19.3. The Hall–Kier alpha value is -1.32. The van der Waals surface area contributed by atoms with Crippen LogP contribution in [0, 0.1) is 0 Å². The van der Waals surface area contributed by atoms with Gasteiger partial charge in [0.25, 0.3) is 5.91 Å². The number of hydrazine groups is 1. The lowest BCUT2D eigenvalue weighted by atomic mass is 10.3. The number of nitrogens with zero attached hydrogens (tertiary/aromatic N) is 2. The van der Waals surface area contributed by atoms with Crippen molar-refractivity contribution in [1.82, 2.24) is 9.88 Å². The van der Waals surface area contributed by atoms with Crippen molar-refractivity contribution in [2.45, 2.75) is 12.3 Å². The lowest BCUT2D eigenvalue weighted by Crippen LogP contribution is -2.50. The van der Waals surface area contributed by atoms with Crippen LogP contribution < -0.4 is 11.3 Å². The number of nitrogens with one attached hydrogen (secondary N) is 1. The first-order chi connectivity index (χ1) is 9.99. The van der Waals surface area contributed by atoms with Crippen LogP contribution in [0.1, 0.15) is 17.4 Å². The summed E-state index contributed by atoms with van der Waals surface area (Å²) in [5, 5.41) is -0.787. The van der Waals surface area contributed by atoms with E-state index in [1.54, 1.807) is 24.8 Å². The molecule has 1 aliphatic heterocycles. The molecule has 21 heavy (non-hydrogen) atoms. The third-order valence-electron chi connectivity index (χ3n) is 3.31. The predicted molar refractivity (Wildman–Crippen MR) is 83.7 cm³/mol. The van der Waals surface area contributed by atoms with Crippen LogP contribution >= 0.6 is 11.8 Å². The molecule has 116 valence electrons. The third kappa shape index (κ3) is 3.47. The molecule has 2 heterocycles. The summed E-state index contributed by atoms with van der Waals surface area (Å²) in [6.07, 6.45) is 1.46. The number of nitrogens with two attached hydrogens (primary N) is 1. The number of amides is 1. The third-order valence-corrected chi connectivity index (χ3v) is 6.60. The smallest absolute Gasteiger partial charge is 0.273 e. The van der Waals surface area contributed by atoms with Gasteiger partial charge < -0.3 is 10.3 Å². The molecule has 0 bridgehead atoms. The molecule has 1 amide bonds. The van der Waals surface area contributed by atoms with E-state index in [-0.39, 0.29) is 17.4 Å². The maximum Gasteiger partial charge on any atom is 0.273 e. The number of anilines is 1. The summed E-state index contributed by atoms with van der Waals surface area (Å²) >= 11 is 1.54. The van der Waals surface area contributed by atoms with Gasteiger partial charge in [-0.1, -0.05) is 6.92 Å². The molecule has 3 N–H and O–H groups in total. The van der Waals surface area contributed by atoms with Crippen molar-refractivity contribution in [2.24, 2.45) is 5.84 Å². The van der Waals surface area contributed by atoms with Crippen LogP contribution in [0.15, 0.2) is 18.3 Å². The van der Waals surface area contributed by atoms with Gasteiger partial charge in [-0.3, -0.25) is 15.6 Å². The minimum Gasteiger partial charge on any atom is -0.324 e. The van der Waals surface area contributed by atoms with E-state index in [0.717, 1.165) is 5.75 Å². The molecule has 0 radical (unpaired) electrons. The molecule has 0 aliphatic carbocycles. The molecule has 1 unspecified atom stereocenters. The van der Waals surface area contributed by atoms with Crippen molar-refractivity contribution in [3.05, 3.63) is 24.0 Å². The summed E-state index contributed by atoms with van der Waals surface area (Å²) in [5.41, 5.74) is 3.18. The van der Waals surface area contributed by atoms with E-state index < -0.39 is 15.2 Å². The maximum absolute atomic E-state index is 12.6. The average Bonchev–Trinajstić information content (AvgIpc) is 2.54. The Morgan fingerprint density at radius 1 is 1.62 bits per heavy atom. The molecule has 7 nitrogen and oxygen atoms in total. The predicted octanol–water partition coefficient (Wildman–Crippen LogP) is 0.317. The Balaban J connectivity index is 2.30. The van der Waals surface area contributed by atoms with Crippen molar-refractivity contribution in [2.75, 3.05) is 29.2 Å². The van der Waals surface area contributed by atoms with Crippen LogP contribution in [0.3, 0.4) is 0 Å². The van der Waals surface area contributed by atoms with Crippen LogP contribution in [0.2, 0.25) is 0 Å². The quantitative estimate of drug-likeness (QED) is 0.605. The fourth-order valence-corrected chi connectivity index (χ4v) is 5.05. The van der Waals surface area contributed by atoms with Crippen LogP contribution in [-0.2, 0) is 9.84 Å². The maximum atomic E-state index is 12.6. The van der Waals surface area contributed by atoms with E-state index >= 15 is 0 Å².